The fraction of sp³-hybridized carbons (Fsp3) is 0.583. The third kappa shape index (κ3) is 5.72. The maximum absolute atomic E-state index is 13.5. The monoisotopic (exact) mass is 485 g/mol. The Balaban J connectivity index is 1.52. The quantitative estimate of drug-likeness (QED) is 0.534. The lowest BCUT2D eigenvalue weighted by Gasteiger charge is -2.33. The number of halogens is 5. The van der Waals surface area contributed by atoms with Crippen LogP contribution in [0.25, 0.3) is 11.4 Å². The Morgan fingerprint density at radius 3 is 2.50 bits per heavy atom. The van der Waals surface area contributed by atoms with E-state index < -0.39 is 29.7 Å². The lowest BCUT2D eigenvalue weighted by molar-refractivity contribution is -0.137. The van der Waals surface area contributed by atoms with Crippen LogP contribution in [-0.2, 0) is 12.6 Å². The molecule has 186 valence electrons. The summed E-state index contributed by atoms with van der Waals surface area (Å²) in [5.41, 5.74) is 0.0159. The Morgan fingerprint density at radius 1 is 1.09 bits per heavy atom. The molecule has 4 rings (SSSR count). The molecule has 1 aromatic heterocycles. The SMILES string of the molecule is OC[C@@H]1[C@@H](Cc2ccnc(-c3cccc(C(F)(F)F)c3)n2)[C@H](NC2CCC(F)(F)CC2)C[C@H]1O. The van der Waals surface area contributed by atoms with Crippen LogP contribution in [0.4, 0.5) is 22.0 Å². The average molecular weight is 485 g/mol. The van der Waals surface area contributed by atoms with Crippen molar-refractivity contribution < 1.29 is 32.2 Å². The molecule has 4 atom stereocenters. The fourth-order valence-corrected chi connectivity index (χ4v) is 5.17. The van der Waals surface area contributed by atoms with Gasteiger partial charge in [-0.25, -0.2) is 18.7 Å². The minimum atomic E-state index is -4.48. The summed E-state index contributed by atoms with van der Waals surface area (Å²) in [6, 6.07) is 6.16. The van der Waals surface area contributed by atoms with E-state index in [1.165, 1.54) is 18.3 Å². The minimum Gasteiger partial charge on any atom is -0.396 e. The molecule has 0 saturated heterocycles. The Morgan fingerprint density at radius 2 is 1.82 bits per heavy atom. The van der Waals surface area contributed by atoms with Crippen molar-refractivity contribution >= 4 is 0 Å². The topological polar surface area (TPSA) is 78.3 Å². The van der Waals surface area contributed by atoms with E-state index in [9.17, 15) is 32.2 Å². The molecule has 2 aliphatic carbocycles. The van der Waals surface area contributed by atoms with Gasteiger partial charge in [0.05, 0.1) is 11.7 Å². The second-order valence-corrected chi connectivity index (χ2v) is 9.37. The minimum absolute atomic E-state index is 0.0946. The Kier molecular flexibility index (Phi) is 7.21. The van der Waals surface area contributed by atoms with Crippen LogP contribution in [0.3, 0.4) is 0 Å². The van der Waals surface area contributed by atoms with E-state index in [2.05, 4.69) is 15.3 Å². The molecular weight excluding hydrogens is 457 g/mol. The summed E-state index contributed by atoms with van der Waals surface area (Å²) in [6.45, 7) is -0.238. The number of hydrogen-bond acceptors (Lipinski definition) is 5. The number of rotatable bonds is 6. The number of alkyl halides is 5. The smallest absolute Gasteiger partial charge is 0.396 e. The molecule has 0 radical (unpaired) electrons. The largest absolute Gasteiger partial charge is 0.416 e. The number of nitrogens with one attached hydrogen (secondary N) is 1. The number of hydrogen-bond donors (Lipinski definition) is 3. The number of aliphatic hydroxyl groups is 2. The molecular formula is C24H28F5N3O2. The zero-order chi connectivity index (χ0) is 24.5. The van der Waals surface area contributed by atoms with Gasteiger partial charge in [0.2, 0.25) is 5.92 Å². The van der Waals surface area contributed by atoms with Gasteiger partial charge in [0.25, 0.3) is 0 Å². The molecule has 34 heavy (non-hydrogen) atoms. The number of aliphatic hydroxyl groups excluding tert-OH is 2. The van der Waals surface area contributed by atoms with Crippen LogP contribution >= 0.6 is 0 Å². The normalized spacial score (nSPS) is 27.7. The first-order valence-electron chi connectivity index (χ1n) is 11.5. The van der Waals surface area contributed by atoms with E-state index in [1.807, 2.05) is 0 Å². The van der Waals surface area contributed by atoms with Crippen molar-refractivity contribution in [3.63, 3.8) is 0 Å². The first-order chi connectivity index (χ1) is 16.1. The summed E-state index contributed by atoms with van der Waals surface area (Å²) < 4.78 is 66.3. The van der Waals surface area contributed by atoms with Crippen LogP contribution in [0.5, 0.6) is 0 Å². The van der Waals surface area contributed by atoms with Gasteiger partial charge in [0, 0.05) is 54.9 Å². The van der Waals surface area contributed by atoms with E-state index in [1.54, 1.807) is 6.07 Å². The molecule has 0 bridgehead atoms. The highest BCUT2D eigenvalue weighted by Gasteiger charge is 2.44. The maximum atomic E-state index is 13.5. The van der Waals surface area contributed by atoms with Crippen molar-refractivity contribution in [1.29, 1.82) is 0 Å². The molecule has 1 heterocycles. The third-order valence-corrected chi connectivity index (χ3v) is 7.04. The molecule has 2 fully saturated rings. The van der Waals surface area contributed by atoms with Gasteiger partial charge in [-0.15, -0.1) is 0 Å². The predicted octanol–water partition coefficient (Wildman–Crippen LogP) is 4.23. The predicted molar refractivity (Wildman–Crippen MR) is 115 cm³/mol. The molecule has 2 aromatic rings. The lowest BCUT2D eigenvalue weighted by Crippen LogP contribution is -2.45. The van der Waals surface area contributed by atoms with E-state index >= 15 is 0 Å². The number of nitrogens with zero attached hydrogens (tertiary/aromatic N) is 2. The summed E-state index contributed by atoms with van der Waals surface area (Å²) >= 11 is 0. The first kappa shape index (κ1) is 24.9. The van der Waals surface area contributed by atoms with Gasteiger partial charge in [-0.2, -0.15) is 13.2 Å². The van der Waals surface area contributed by atoms with E-state index in [-0.39, 0.29) is 48.8 Å². The molecule has 0 amide bonds. The first-order valence-corrected chi connectivity index (χ1v) is 11.5. The van der Waals surface area contributed by atoms with Crippen molar-refractivity contribution in [3.8, 4) is 11.4 Å². The van der Waals surface area contributed by atoms with Gasteiger partial charge in [-0.3, -0.25) is 0 Å². The van der Waals surface area contributed by atoms with Crippen molar-refractivity contribution in [2.75, 3.05) is 6.61 Å². The summed E-state index contributed by atoms with van der Waals surface area (Å²) in [5.74, 6) is -3.12. The van der Waals surface area contributed by atoms with Crippen LogP contribution in [0.2, 0.25) is 0 Å². The van der Waals surface area contributed by atoms with Crippen LogP contribution < -0.4 is 5.32 Å². The van der Waals surface area contributed by atoms with Crippen molar-refractivity contribution in [3.05, 3.63) is 47.8 Å². The Bertz CT molecular complexity index is 977. The zero-order valence-electron chi connectivity index (χ0n) is 18.5. The molecule has 3 N–H and O–H groups in total. The van der Waals surface area contributed by atoms with Gasteiger partial charge in [0.15, 0.2) is 5.82 Å². The van der Waals surface area contributed by atoms with E-state index in [4.69, 9.17) is 0 Å². The van der Waals surface area contributed by atoms with Crippen molar-refractivity contribution in [2.24, 2.45) is 11.8 Å². The van der Waals surface area contributed by atoms with Gasteiger partial charge >= 0.3 is 6.18 Å². The highest BCUT2D eigenvalue weighted by Crippen LogP contribution is 2.38. The van der Waals surface area contributed by atoms with Crippen molar-refractivity contribution in [1.82, 2.24) is 15.3 Å². The lowest BCUT2D eigenvalue weighted by atomic mass is 9.87. The molecule has 0 spiro atoms. The van der Waals surface area contributed by atoms with Gasteiger partial charge in [-0.05, 0) is 49.8 Å². The second kappa shape index (κ2) is 9.83. The third-order valence-electron chi connectivity index (χ3n) is 7.04. The molecule has 2 aliphatic rings. The zero-order valence-corrected chi connectivity index (χ0v) is 18.5. The van der Waals surface area contributed by atoms with Gasteiger partial charge in [0.1, 0.15) is 0 Å². The molecule has 1 aromatic carbocycles. The van der Waals surface area contributed by atoms with Crippen LogP contribution in [0, 0.1) is 11.8 Å². The molecule has 5 nitrogen and oxygen atoms in total. The van der Waals surface area contributed by atoms with Crippen LogP contribution in [-0.4, -0.2) is 50.9 Å². The van der Waals surface area contributed by atoms with E-state index in [0.717, 1.165) is 12.1 Å². The Hall–Kier alpha value is -2.17. The average Bonchev–Trinajstić information content (AvgIpc) is 3.08. The Labute approximate surface area is 194 Å². The molecule has 2 saturated carbocycles. The summed E-state index contributed by atoms with van der Waals surface area (Å²) in [4.78, 5) is 8.58. The van der Waals surface area contributed by atoms with Gasteiger partial charge < -0.3 is 15.5 Å². The van der Waals surface area contributed by atoms with Crippen LogP contribution in [0.1, 0.15) is 43.4 Å². The van der Waals surface area contributed by atoms with Gasteiger partial charge in [-0.1, -0.05) is 12.1 Å². The standard InChI is InChI=1S/C24H28F5N3O2/c25-23(26)7-4-16(5-8-23)31-20-12-21(34)19(13-33)18(20)11-17-6-9-30-22(32-17)14-2-1-3-15(10-14)24(27,28)29/h1-3,6,9-10,16,18-21,31,33-34H,4-5,7-8,11-13H2/t18-,19-,20-,21-/m1/s1. The summed E-state index contributed by atoms with van der Waals surface area (Å²) in [5, 5.41) is 23.8. The van der Waals surface area contributed by atoms with Crippen molar-refractivity contribution in [2.45, 2.75) is 68.8 Å². The second-order valence-electron chi connectivity index (χ2n) is 9.37. The molecule has 0 aliphatic heterocycles. The number of aromatic nitrogens is 2. The molecule has 10 heteroatoms. The number of benzene rings is 1. The highest BCUT2D eigenvalue weighted by molar-refractivity contribution is 5.56. The fourth-order valence-electron chi connectivity index (χ4n) is 5.17. The maximum Gasteiger partial charge on any atom is 0.416 e. The molecule has 0 unspecified atom stereocenters. The summed E-state index contributed by atoms with van der Waals surface area (Å²) in [7, 11) is 0. The summed E-state index contributed by atoms with van der Waals surface area (Å²) in [6.07, 6.45) is -2.70. The highest BCUT2D eigenvalue weighted by atomic mass is 19.4. The van der Waals surface area contributed by atoms with E-state index in [0.29, 0.717) is 31.4 Å². The van der Waals surface area contributed by atoms with Crippen LogP contribution in [0.15, 0.2) is 36.5 Å².